The van der Waals surface area contributed by atoms with Gasteiger partial charge in [0.2, 0.25) is 15.9 Å². The largest absolute Gasteiger partial charge is 0.379 e. The van der Waals surface area contributed by atoms with Crippen molar-refractivity contribution in [2.45, 2.75) is 36.4 Å². The maximum atomic E-state index is 13.2. The van der Waals surface area contributed by atoms with Crippen molar-refractivity contribution in [2.75, 3.05) is 37.4 Å². The number of nitrogens with zero attached hydrogens (tertiary/aromatic N) is 5. The fourth-order valence-corrected chi connectivity index (χ4v) is 6.13. The molecule has 2 aromatic carbocycles. The van der Waals surface area contributed by atoms with Crippen LogP contribution in [0.2, 0.25) is 0 Å². The number of anilines is 1. The van der Waals surface area contributed by atoms with E-state index in [4.69, 9.17) is 10.00 Å². The first-order chi connectivity index (χ1) is 17.8. The number of hydrogen-bond acceptors (Lipinski definition) is 8. The van der Waals surface area contributed by atoms with E-state index in [1.807, 2.05) is 30.6 Å². The van der Waals surface area contributed by atoms with Crippen molar-refractivity contribution in [3.05, 3.63) is 54.1 Å². The van der Waals surface area contributed by atoms with Crippen LogP contribution < -0.4 is 5.32 Å². The molecule has 12 heteroatoms. The van der Waals surface area contributed by atoms with Crippen molar-refractivity contribution >= 4 is 33.4 Å². The van der Waals surface area contributed by atoms with Gasteiger partial charge in [-0.1, -0.05) is 30.8 Å². The molecule has 0 radical (unpaired) electrons. The molecule has 3 aromatic rings. The minimum absolute atomic E-state index is 0.0218. The molecule has 1 aliphatic heterocycles. The summed E-state index contributed by atoms with van der Waals surface area (Å²) < 4.78 is 35.0. The summed E-state index contributed by atoms with van der Waals surface area (Å²) in [5, 5.41) is 21.0. The number of nitrogens with one attached hydrogen (secondary N) is 1. The van der Waals surface area contributed by atoms with Crippen LogP contribution >= 0.6 is 11.8 Å². The van der Waals surface area contributed by atoms with E-state index in [1.165, 1.54) is 16.1 Å². The summed E-state index contributed by atoms with van der Waals surface area (Å²) in [7, 11) is -3.66. The van der Waals surface area contributed by atoms with Crippen LogP contribution in [-0.4, -0.2) is 65.5 Å². The number of aromatic nitrogens is 3. The molecular weight excluding hydrogens is 512 g/mol. The van der Waals surface area contributed by atoms with Crippen LogP contribution in [0, 0.1) is 11.3 Å². The van der Waals surface area contributed by atoms with Crippen LogP contribution in [0.4, 0.5) is 5.69 Å². The van der Waals surface area contributed by atoms with Crippen molar-refractivity contribution in [3.8, 4) is 17.5 Å². The highest BCUT2D eigenvalue weighted by Crippen LogP contribution is 2.31. The number of benzene rings is 2. The lowest BCUT2D eigenvalue weighted by atomic mass is 10.2. The molecule has 10 nitrogen and oxygen atoms in total. The van der Waals surface area contributed by atoms with Crippen LogP contribution in [0.25, 0.3) is 11.4 Å². The predicted molar refractivity (Wildman–Crippen MR) is 141 cm³/mol. The Bertz CT molecular complexity index is 1390. The lowest BCUT2D eigenvalue weighted by molar-refractivity contribution is -0.113. The predicted octanol–water partition coefficient (Wildman–Crippen LogP) is 3.54. The number of ether oxygens (including phenoxy) is 1. The van der Waals surface area contributed by atoms with Crippen molar-refractivity contribution in [1.82, 2.24) is 19.1 Å². The third-order valence-electron chi connectivity index (χ3n) is 6.03. The molecule has 0 spiro atoms. The van der Waals surface area contributed by atoms with Gasteiger partial charge >= 0.3 is 0 Å². The molecule has 194 valence electrons. The molecule has 1 fully saturated rings. The zero-order chi connectivity index (χ0) is 26.4. The fraction of sp³-hybridized carbons (Fsp3) is 0.360. The van der Waals surface area contributed by atoms with Gasteiger partial charge in [-0.3, -0.25) is 9.36 Å². The summed E-state index contributed by atoms with van der Waals surface area (Å²) in [6, 6.07) is 15.4. The van der Waals surface area contributed by atoms with Crippen LogP contribution in [0.1, 0.15) is 31.9 Å². The Morgan fingerprint density at radius 1 is 1.19 bits per heavy atom. The second-order valence-electron chi connectivity index (χ2n) is 8.50. The molecule has 4 rings (SSSR count). The third-order valence-corrected chi connectivity index (χ3v) is 8.86. The van der Waals surface area contributed by atoms with Crippen molar-refractivity contribution in [1.29, 1.82) is 5.26 Å². The van der Waals surface area contributed by atoms with E-state index < -0.39 is 10.0 Å². The van der Waals surface area contributed by atoms with E-state index in [1.54, 1.807) is 42.5 Å². The average Bonchev–Trinajstić information content (AvgIpc) is 3.36. The summed E-state index contributed by atoms with van der Waals surface area (Å²) >= 11 is 1.26. The van der Waals surface area contributed by atoms with Crippen LogP contribution in [0.5, 0.6) is 0 Å². The van der Waals surface area contributed by atoms with E-state index in [0.29, 0.717) is 54.1 Å². The SMILES string of the molecule is CC[C@@H](C)n1c(SCC(=O)Nc2ccc(C#N)cc2)nnc1-c1cccc(S(=O)(=O)N2CCOCC2)c1. The summed E-state index contributed by atoms with van der Waals surface area (Å²) in [5.74, 6) is 0.442. The maximum absolute atomic E-state index is 13.2. The Labute approximate surface area is 220 Å². The summed E-state index contributed by atoms with van der Waals surface area (Å²) in [4.78, 5) is 12.7. The molecule has 2 heterocycles. The number of rotatable bonds is 9. The zero-order valence-corrected chi connectivity index (χ0v) is 22.3. The molecule has 0 saturated carbocycles. The zero-order valence-electron chi connectivity index (χ0n) is 20.6. The van der Waals surface area contributed by atoms with Gasteiger partial charge in [0.1, 0.15) is 0 Å². The second-order valence-corrected chi connectivity index (χ2v) is 11.4. The molecule has 1 amide bonds. The van der Waals surface area contributed by atoms with Gasteiger partial charge in [-0.25, -0.2) is 8.42 Å². The van der Waals surface area contributed by atoms with Gasteiger partial charge in [0.25, 0.3) is 0 Å². The Kier molecular flexibility index (Phi) is 8.60. The Morgan fingerprint density at radius 2 is 1.92 bits per heavy atom. The number of thioether (sulfide) groups is 1. The topological polar surface area (TPSA) is 130 Å². The maximum Gasteiger partial charge on any atom is 0.243 e. The van der Waals surface area contributed by atoms with Crippen molar-refractivity contribution in [3.63, 3.8) is 0 Å². The van der Waals surface area contributed by atoms with Gasteiger partial charge < -0.3 is 10.1 Å². The Balaban J connectivity index is 1.54. The Hall–Kier alpha value is -3.24. The standard InChI is InChI=1S/C25H28N6O4S2/c1-3-18(2)31-24(20-5-4-6-22(15-20)37(33,34)30-11-13-35-14-12-30)28-29-25(31)36-17-23(32)27-21-9-7-19(16-26)8-10-21/h4-10,15,18H,3,11-14,17H2,1-2H3,(H,27,32)/t18-/m1/s1. The highest BCUT2D eigenvalue weighted by atomic mass is 32.2. The van der Waals surface area contributed by atoms with Crippen molar-refractivity contribution < 1.29 is 17.9 Å². The number of sulfonamides is 1. The minimum atomic E-state index is -3.66. The minimum Gasteiger partial charge on any atom is -0.379 e. The monoisotopic (exact) mass is 540 g/mol. The quantitative estimate of drug-likeness (QED) is 0.408. The Morgan fingerprint density at radius 3 is 2.59 bits per heavy atom. The molecule has 1 N–H and O–H groups in total. The van der Waals surface area contributed by atoms with Gasteiger partial charge in [-0.2, -0.15) is 9.57 Å². The highest BCUT2D eigenvalue weighted by Gasteiger charge is 2.27. The van der Waals surface area contributed by atoms with Gasteiger partial charge in [0, 0.05) is 30.4 Å². The number of carbonyl (C=O) groups is 1. The first-order valence-electron chi connectivity index (χ1n) is 11.9. The summed E-state index contributed by atoms with van der Waals surface area (Å²) in [5.41, 5.74) is 1.76. The molecular formula is C25H28N6O4S2. The van der Waals surface area contributed by atoms with Gasteiger partial charge in [0.05, 0.1) is 35.5 Å². The van der Waals surface area contributed by atoms with E-state index in [0.717, 1.165) is 6.42 Å². The number of hydrogen-bond donors (Lipinski definition) is 1. The average molecular weight is 541 g/mol. The highest BCUT2D eigenvalue weighted by molar-refractivity contribution is 7.99. The van der Waals surface area contributed by atoms with E-state index in [-0.39, 0.29) is 22.6 Å². The first kappa shape index (κ1) is 26.8. The number of nitriles is 1. The lowest BCUT2D eigenvalue weighted by Gasteiger charge is -2.26. The number of morpholine rings is 1. The first-order valence-corrected chi connectivity index (χ1v) is 14.3. The lowest BCUT2D eigenvalue weighted by Crippen LogP contribution is -2.40. The number of carbonyl (C=O) groups excluding carboxylic acids is 1. The smallest absolute Gasteiger partial charge is 0.243 e. The van der Waals surface area contributed by atoms with Crippen LogP contribution in [-0.2, 0) is 19.6 Å². The van der Waals surface area contributed by atoms with Crippen LogP contribution in [0.15, 0.2) is 58.6 Å². The second kappa shape index (κ2) is 11.9. The molecule has 0 aliphatic carbocycles. The molecule has 1 saturated heterocycles. The summed E-state index contributed by atoms with van der Waals surface area (Å²) in [6.45, 7) is 5.46. The number of amides is 1. The molecule has 0 bridgehead atoms. The van der Waals surface area contributed by atoms with E-state index in [9.17, 15) is 13.2 Å². The van der Waals surface area contributed by atoms with Crippen LogP contribution in [0.3, 0.4) is 0 Å². The molecule has 1 atom stereocenters. The molecule has 1 aliphatic rings. The van der Waals surface area contributed by atoms with Gasteiger partial charge in [0.15, 0.2) is 11.0 Å². The molecule has 0 unspecified atom stereocenters. The van der Waals surface area contributed by atoms with Crippen molar-refractivity contribution in [2.24, 2.45) is 0 Å². The fourth-order valence-electron chi connectivity index (χ4n) is 3.84. The van der Waals surface area contributed by atoms with E-state index >= 15 is 0 Å². The molecule has 1 aromatic heterocycles. The van der Waals surface area contributed by atoms with Gasteiger partial charge in [-0.15, -0.1) is 10.2 Å². The molecule has 37 heavy (non-hydrogen) atoms. The normalized spacial score (nSPS) is 15.2. The van der Waals surface area contributed by atoms with Gasteiger partial charge in [-0.05, 0) is 49.7 Å². The summed E-state index contributed by atoms with van der Waals surface area (Å²) in [6.07, 6.45) is 0.793. The van der Waals surface area contributed by atoms with E-state index in [2.05, 4.69) is 15.5 Å². The third kappa shape index (κ3) is 6.19.